The van der Waals surface area contributed by atoms with E-state index in [4.69, 9.17) is 10.00 Å². The molecular weight excluding hydrogens is 406 g/mol. The van der Waals surface area contributed by atoms with Crippen LogP contribution in [-0.2, 0) is 4.74 Å². The molecule has 0 spiro atoms. The lowest BCUT2D eigenvalue weighted by Crippen LogP contribution is -2.23. The highest BCUT2D eigenvalue weighted by atomic mass is 16.5. The number of H-pyrrole nitrogens is 1. The van der Waals surface area contributed by atoms with Gasteiger partial charge < -0.3 is 19.9 Å². The Morgan fingerprint density at radius 1 is 1.19 bits per heavy atom. The van der Waals surface area contributed by atoms with Crippen LogP contribution in [0.15, 0.2) is 54.9 Å². The van der Waals surface area contributed by atoms with Crippen molar-refractivity contribution in [3.63, 3.8) is 0 Å². The standard InChI is InChI=1S/C23H21N7O2/c1-30(9-10-32-2)21-8-4-16(14-26-21)23(31)27-17-5-7-18-20(11-17)29-22(28-18)19-6-3-15(12-24)13-25-19/h3-8,11,13-14H,9-10H2,1-2H3,(H,27,31)(H,28,29). The van der Waals surface area contributed by atoms with Gasteiger partial charge in [-0.2, -0.15) is 5.26 Å². The quantitative estimate of drug-likeness (QED) is 0.465. The van der Waals surface area contributed by atoms with Crippen molar-refractivity contribution >= 4 is 28.4 Å². The number of carbonyl (C=O) groups excluding carboxylic acids is 1. The maximum atomic E-state index is 12.6. The fourth-order valence-corrected chi connectivity index (χ4v) is 3.10. The first kappa shape index (κ1) is 21.0. The molecule has 0 aliphatic heterocycles. The van der Waals surface area contributed by atoms with Crippen LogP contribution in [-0.4, -0.2) is 53.2 Å². The van der Waals surface area contributed by atoms with Gasteiger partial charge >= 0.3 is 0 Å². The summed E-state index contributed by atoms with van der Waals surface area (Å²) in [5.74, 6) is 1.10. The molecule has 160 valence electrons. The topological polar surface area (TPSA) is 120 Å². The largest absolute Gasteiger partial charge is 0.383 e. The first-order valence-electron chi connectivity index (χ1n) is 9.91. The second kappa shape index (κ2) is 9.24. The van der Waals surface area contributed by atoms with E-state index >= 15 is 0 Å². The normalized spacial score (nSPS) is 10.7. The summed E-state index contributed by atoms with van der Waals surface area (Å²) in [6, 6.07) is 14.4. The summed E-state index contributed by atoms with van der Waals surface area (Å²) in [6.45, 7) is 1.30. The molecule has 0 aliphatic carbocycles. The van der Waals surface area contributed by atoms with Crippen LogP contribution in [0.3, 0.4) is 0 Å². The molecule has 32 heavy (non-hydrogen) atoms. The van der Waals surface area contributed by atoms with Gasteiger partial charge in [-0.25, -0.2) is 9.97 Å². The van der Waals surface area contributed by atoms with E-state index in [-0.39, 0.29) is 5.91 Å². The molecular formula is C23H21N7O2. The highest BCUT2D eigenvalue weighted by Gasteiger charge is 2.11. The monoisotopic (exact) mass is 427 g/mol. The molecule has 0 saturated heterocycles. The van der Waals surface area contributed by atoms with Gasteiger partial charge in [0.2, 0.25) is 0 Å². The number of nitrogens with zero attached hydrogens (tertiary/aromatic N) is 5. The third kappa shape index (κ3) is 4.55. The van der Waals surface area contributed by atoms with Crippen LogP contribution in [0, 0.1) is 11.3 Å². The van der Waals surface area contributed by atoms with Crippen molar-refractivity contribution in [3.05, 3.63) is 66.0 Å². The highest BCUT2D eigenvalue weighted by molar-refractivity contribution is 6.04. The number of ether oxygens (including phenoxy) is 1. The maximum absolute atomic E-state index is 12.6. The Labute approximate surface area is 184 Å². The number of benzene rings is 1. The zero-order valence-electron chi connectivity index (χ0n) is 17.7. The number of pyridine rings is 2. The Morgan fingerprint density at radius 2 is 2.06 bits per heavy atom. The Morgan fingerprint density at radius 3 is 2.75 bits per heavy atom. The third-order valence-electron chi connectivity index (χ3n) is 4.91. The average molecular weight is 427 g/mol. The van der Waals surface area contributed by atoms with E-state index in [0.717, 1.165) is 16.9 Å². The van der Waals surface area contributed by atoms with E-state index in [1.807, 2.05) is 30.1 Å². The van der Waals surface area contributed by atoms with Gasteiger partial charge in [-0.3, -0.25) is 9.78 Å². The molecule has 1 amide bonds. The van der Waals surface area contributed by atoms with Crippen molar-refractivity contribution < 1.29 is 9.53 Å². The van der Waals surface area contributed by atoms with Crippen LogP contribution < -0.4 is 10.2 Å². The molecule has 3 aromatic heterocycles. The fraction of sp³-hybridized carbons (Fsp3) is 0.174. The number of nitriles is 1. The Hall–Kier alpha value is -4.29. The Kier molecular flexibility index (Phi) is 6.05. The SMILES string of the molecule is COCCN(C)c1ccc(C(=O)Nc2ccc3nc(-c4ccc(C#N)cn4)[nH]c3c2)cn1. The van der Waals surface area contributed by atoms with Gasteiger partial charge in [0.1, 0.15) is 17.6 Å². The second-order valence-electron chi connectivity index (χ2n) is 7.13. The van der Waals surface area contributed by atoms with Gasteiger partial charge in [0.05, 0.1) is 28.8 Å². The zero-order valence-corrected chi connectivity index (χ0v) is 17.7. The number of hydrogen-bond acceptors (Lipinski definition) is 7. The molecule has 2 N–H and O–H groups in total. The molecule has 9 nitrogen and oxygen atoms in total. The van der Waals surface area contributed by atoms with E-state index in [9.17, 15) is 4.79 Å². The number of amides is 1. The minimum absolute atomic E-state index is 0.253. The van der Waals surface area contributed by atoms with Crippen molar-refractivity contribution in [2.45, 2.75) is 0 Å². The third-order valence-corrected chi connectivity index (χ3v) is 4.91. The van der Waals surface area contributed by atoms with E-state index in [1.54, 1.807) is 43.6 Å². The lowest BCUT2D eigenvalue weighted by molar-refractivity contribution is 0.102. The Balaban J connectivity index is 1.48. The highest BCUT2D eigenvalue weighted by Crippen LogP contribution is 2.22. The number of aromatic amines is 1. The number of carbonyl (C=O) groups is 1. The predicted octanol–water partition coefficient (Wildman–Crippen LogP) is 3.23. The smallest absolute Gasteiger partial charge is 0.257 e. The van der Waals surface area contributed by atoms with Gasteiger partial charge in [-0.1, -0.05) is 0 Å². The molecule has 0 fully saturated rings. The van der Waals surface area contributed by atoms with Crippen LogP contribution in [0.2, 0.25) is 0 Å². The van der Waals surface area contributed by atoms with Crippen LogP contribution in [0.25, 0.3) is 22.6 Å². The molecule has 4 rings (SSSR count). The van der Waals surface area contributed by atoms with Gasteiger partial charge in [0, 0.05) is 38.8 Å². The zero-order chi connectivity index (χ0) is 22.5. The van der Waals surface area contributed by atoms with Crippen molar-refractivity contribution in [1.29, 1.82) is 5.26 Å². The Bertz CT molecular complexity index is 1270. The first-order valence-corrected chi connectivity index (χ1v) is 9.91. The minimum atomic E-state index is -0.253. The van der Waals surface area contributed by atoms with E-state index in [0.29, 0.717) is 41.5 Å². The average Bonchev–Trinajstić information content (AvgIpc) is 3.26. The maximum Gasteiger partial charge on any atom is 0.257 e. The summed E-state index contributed by atoms with van der Waals surface area (Å²) in [5, 5.41) is 11.8. The van der Waals surface area contributed by atoms with Crippen LogP contribution >= 0.6 is 0 Å². The van der Waals surface area contributed by atoms with Crippen LogP contribution in [0.1, 0.15) is 15.9 Å². The summed E-state index contributed by atoms with van der Waals surface area (Å²) in [6.07, 6.45) is 3.06. The number of fused-ring (bicyclic) bond motifs is 1. The van der Waals surface area contributed by atoms with Crippen molar-refractivity contribution in [2.75, 3.05) is 37.5 Å². The van der Waals surface area contributed by atoms with Gasteiger partial charge in [-0.05, 0) is 42.5 Å². The summed E-state index contributed by atoms with van der Waals surface area (Å²) >= 11 is 0. The lowest BCUT2D eigenvalue weighted by atomic mass is 10.2. The molecule has 9 heteroatoms. The molecule has 4 aromatic rings. The number of rotatable bonds is 7. The molecule has 1 aromatic carbocycles. The number of nitrogens with one attached hydrogen (secondary N) is 2. The number of imidazole rings is 1. The lowest BCUT2D eigenvalue weighted by Gasteiger charge is -2.17. The second-order valence-corrected chi connectivity index (χ2v) is 7.13. The summed E-state index contributed by atoms with van der Waals surface area (Å²) in [5.41, 5.74) is 3.71. The van der Waals surface area contributed by atoms with Gasteiger partial charge in [-0.15, -0.1) is 0 Å². The molecule has 0 atom stereocenters. The summed E-state index contributed by atoms with van der Waals surface area (Å²) < 4.78 is 5.07. The van der Waals surface area contributed by atoms with Gasteiger partial charge in [0.25, 0.3) is 5.91 Å². The molecule has 0 saturated carbocycles. The van der Waals surface area contributed by atoms with E-state index in [1.165, 1.54) is 6.20 Å². The van der Waals surface area contributed by atoms with Crippen molar-refractivity contribution in [3.8, 4) is 17.6 Å². The molecule has 0 aliphatic rings. The first-order chi connectivity index (χ1) is 15.6. The molecule has 0 radical (unpaired) electrons. The van der Waals surface area contributed by atoms with Crippen molar-refractivity contribution in [2.24, 2.45) is 0 Å². The summed E-state index contributed by atoms with van der Waals surface area (Å²) in [4.78, 5) is 30.9. The fourth-order valence-electron chi connectivity index (χ4n) is 3.10. The van der Waals surface area contributed by atoms with Crippen LogP contribution in [0.5, 0.6) is 0 Å². The van der Waals surface area contributed by atoms with Crippen LogP contribution in [0.4, 0.5) is 11.5 Å². The predicted molar refractivity (Wildman–Crippen MR) is 121 cm³/mol. The van der Waals surface area contributed by atoms with Crippen molar-refractivity contribution in [1.82, 2.24) is 19.9 Å². The number of aromatic nitrogens is 4. The summed E-state index contributed by atoms with van der Waals surface area (Å²) in [7, 11) is 3.57. The number of anilines is 2. The minimum Gasteiger partial charge on any atom is -0.383 e. The number of likely N-dealkylation sites (N-methyl/N-ethyl adjacent to an activating group) is 1. The number of hydrogen-bond donors (Lipinski definition) is 2. The molecule has 0 bridgehead atoms. The number of methoxy groups -OCH3 is 1. The van der Waals surface area contributed by atoms with E-state index in [2.05, 4.69) is 25.3 Å². The van der Waals surface area contributed by atoms with E-state index < -0.39 is 0 Å². The molecule has 3 heterocycles. The van der Waals surface area contributed by atoms with Gasteiger partial charge in [0.15, 0.2) is 5.82 Å². The molecule has 0 unspecified atom stereocenters.